The normalized spacial score (nSPS) is 11.3. The van der Waals surface area contributed by atoms with Crippen LogP contribution in [-0.2, 0) is 20.1 Å². The number of aromatic nitrogens is 4. The Labute approximate surface area is 184 Å². The molecule has 1 N–H and O–H groups in total. The molecule has 172 valence electrons. The van der Waals surface area contributed by atoms with Crippen molar-refractivity contribution in [3.8, 4) is 11.8 Å². The molecule has 8 nitrogen and oxygen atoms in total. The predicted octanol–water partition coefficient (Wildman–Crippen LogP) is 2.54. The summed E-state index contributed by atoms with van der Waals surface area (Å²) in [4.78, 5) is 30.2. The number of aryl methyl sites for hydroxylation is 1. The lowest BCUT2D eigenvalue weighted by Crippen LogP contribution is -2.39. The molecular weight excluding hydrogens is 441 g/mol. The number of hydrogen-bond acceptors (Lipinski definition) is 5. The van der Waals surface area contributed by atoms with Crippen LogP contribution in [0.2, 0.25) is 0 Å². The summed E-state index contributed by atoms with van der Waals surface area (Å²) in [7, 11) is 1.43. The van der Waals surface area contributed by atoms with Crippen molar-refractivity contribution < 1.29 is 23.0 Å². The monoisotopic (exact) mass is 460 g/mol. The van der Waals surface area contributed by atoms with E-state index in [9.17, 15) is 22.8 Å². The Morgan fingerprint density at radius 3 is 2.39 bits per heavy atom. The summed E-state index contributed by atoms with van der Waals surface area (Å²) >= 11 is 0. The first kappa shape index (κ1) is 22.3. The number of halogens is 3. The number of nitrogens with zero attached hydrogens (tertiary/aromatic N) is 4. The third-order valence-electron chi connectivity index (χ3n) is 5.09. The van der Waals surface area contributed by atoms with E-state index in [-0.39, 0.29) is 49.0 Å². The molecule has 0 atom stereocenters. The van der Waals surface area contributed by atoms with Gasteiger partial charge in [0, 0.05) is 26.3 Å². The van der Waals surface area contributed by atoms with Gasteiger partial charge in [0.15, 0.2) is 22.8 Å². The molecule has 4 aromatic rings. The van der Waals surface area contributed by atoms with E-state index in [0.29, 0.717) is 5.56 Å². The average Bonchev–Trinajstić information content (AvgIpc) is 3.14. The lowest BCUT2D eigenvalue weighted by Gasteiger charge is -2.11. The maximum Gasteiger partial charge on any atom is 0.332 e. The summed E-state index contributed by atoms with van der Waals surface area (Å²) in [6.07, 6.45) is 0.185. The summed E-state index contributed by atoms with van der Waals surface area (Å²) in [6.45, 7) is -0.213. The van der Waals surface area contributed by atoms with Gasteiger partial charge in [0.25, 0.3) is 5.56 Å². The molecule has 11 heteroatoms. The molecule has 0 spiro atoms. The molecule has 0 aliphatic rings. The van der Waals surface area contributed by atoms with E-state index in [0.717, 1.165) is 21.3 Å². The van der Waals surface area contributed by atoms with Crippen LogP contribution in [0.25, 0.3) is 11.2 Å². The van der Waals surface area contributed by atoms with E-state index in [4.69, 9.17) is 9.84 Å². The molecule has 33 heavy (non-hydrogen) atoms. The van der Waals surface area contributed by atoms with Crippen molar-refractivity contribution in [2.24, 2.45) is 7.05 Å². The molecule has 4 rings (SSSR count). The Hall–Kier alpha value is -3.86. The fraction of sp³-hybridized carbons (Fsp3) is 0.227. The Morgan fingerprint density at radius 2 is 1.73 bits per heavy atom. The molecule has 0 radical (unpaired) electrons. The smallest absolute Gasteiger partial charge is 0.332 e. The highest BCUT2D eigenvalue weighted by atomic mass is 19.2. The van der Waals surface area contributed by atoms with Crippen LogP contribution in [0.1, 0.15) is 12.0 Å². The second kappa shape index (κ2) is 8.94. The molecule has 2 heterocycles. The van der Waals surface area contributed by atoms with Gasteiger partial charge < -0.3 is 9.84 Å². The topological polar surface area (TPSA) is 91.3 Å². The third-order valence-corrected chi connectivity index (χ3v) is 5.09. The van der Waals surface area contributed by atoms with Crippen LogP contribution >= 0.6 is 0 Å². The maximum absolute atomic E-state index is 13.7. The van der Waals surface area contributed by atoms with Gasteiger partial charge in [0.1, 0.15) is 11.6 Å². The van der Waals surface area contributed by atoms with E-state index in [2.05, 4.69) is 4.98 Å². The second-order valence-corrected chi connectivity index (χ2v) is 7.33. The second-order valence-electron chi connectivity index (χ2n) is 7.33. The molecule has 0 fully saturated rings. The zero-order valence-corrected chi connectivity index (χ0v) is 17.5. The Kier molecular flexibility index (Phi) is 6.05. The number of benzene rings is 2. The minimum absolute atomic E-state index is 0.0148. The zero-order chi connectivity index (χ0) is 23.7. The number of aliphatic hydroxyl groups excluding tert-OH is 1. The third kappa shape index (κ3) is 4.27. The van der Waals surface area contributed by atoms with E-state index in [1.54, 1.807) is 0 Å². The Morgan fingerprint density at radius 1 is 1.00 bits per heavy atom. The van der Waals surface area contributed by atoms with Crippen LogP contribution < -0.4 is 16.0 Å². The largest absolute Gasteiger partial charge is 0.425 e. The van der Waals surface area contributed by atoms with Crippen molar-refractivity contribution >= 4 is 11.2 Å². The molecule has 0 amide bonds. The molecule has 2 aromatic carbocycles. The zero-order valence-electron chi connectivity index (χ0n) is 17.5. The summed E-state index contributed by atoms with van der Waals surface area (Å²) in [5.74, 6) is -2.71. The lowest BCUT2D eigenvalue weighted by atomic mass is 10.2. The van der Waals surface area contributed by atoms with Gasteiger partial charge in [-0.15, -0.1) is 0 Å². The van der Waals surface area contributed by atoms with Gasteiger partial charge in [-0.1, -0.05) is 12.1 Å². The number of fused-ring (bicyclic) bond motifs is 1. The summed E-state index contributed by atoms with van der Waals surface area (Å²) in [5.41, 5.74) is -0.647. The first-order chi connectivity index (χ1) is 15.8. The number of imidazole rings is 1. The first-order valence-electron chi connectivity index (χ1n) is 9.98. The van der Waals surface area contributed by atoms with E-state index in [1.165, 1.54) is 41.9 Å². The van der Waals surface area contributed by atoms with Crippen LogP contribution in [0.15, 0.2) is 52.1 Å². The van der Waals surface area contributed by atoms with Gasteiger partial charge in [-0.3, -0.25) is 18.5 Å². The fourth-order valence-corrected chi connectivity index (χ4v) is 3.42. The molecule has 0 saturated heterocycles. The molecule has 0 bridgehead atoms. The number of ether oxygens (including phenoxy) is 1. The minimum atomic E-state index is -1.13. The van der Waals surface area contributed by atoms with E-state index in [1.807, 2.05) is 0 Å². The Balaban J connectivity index is 1.93. The van der Waals surface area contributed by atoms with Gasteiger partial charge >= 0.3 is 11.7 Å². The molecular formula is C22H19F3N4O4. The van der Waals surface area contributed by atoms with Gasteiger partial charge in [0.05, 0.1) is 6.54 Å². The molecule has 0 unspecified atom stereocenters. The van der Waals surface area contributed by atoms with Gasteiger partial charge in [0.2, 0.25) is 0 Å². The van der Waals surface area contributed by atoms with Crippen molar-refractivity contribution in [1.29, 1.82) is 0 Å². The quantitative estimate of drug-likeness (QED) is 0.458. The van der Waals surface area contributed by atoms with Gasteiger partial charge in [-0.25, -0.2) is 18.0 Å². The highest BCUT2D eigenvalue weighted by Crippen LogP contribution is 2.26. The van der Waals surface area contributed by atoms with E-state index < -0.39 is 28.7 Å². The highest BCUT2D eigenvalue weighted by Gasteiger charge is 2.22. The maximum atomic E-state index is 13.7. The Bertz CT molecular complexity index is 1440. The van der Waals surface area contributed by atoms with Crippen molar-refractivity contribution in [1.82, 2.24) is 18.7 Å². The first-order valence-corrected chi connectivity index (χ1v) is 9.98. The van der Waals surface area contributed by atoms with Crippen LogP contribution in [0.3, 0.4) is 0 Å². The lowest BCUT2D eigenvalue weighted by molar-refractivity contribution is 0.277. The van der Waals surface area contributed by atoms with Crippen LogP contribution in [0.4, 0.5) is 13.2 Å². The van der Waals surface area contributed by atoms with Crippen molar-refractivity contribution in [3.05, 3.63) is 86.3 Å². The highest BCUT2D eigenvalue weighted by molar-refractivity contribution is 5.72. The SMILES string of the molecule is Cn1c(=O)n(CCCO)c(=O)c2c1nc(Oc1ccc(F)c(F)c1)n2Cc1ccc(F)cc1. The number of aliphatic hydroxyl groups is 1. The summed E-state index contributed by atoms with van der Waals surface area (Å²) in [6, 6.07) is 8.28. The van der Waals surface area contributed by atoms with Gasteiger partial charge in [-0.2, -0.15) is 4.98 Å². The van der Waals surface area contributed by atoms with Crippen molar-refractivity contribution in [2.45, 2.75) is 19.5 Å². The average molecular weight is 460 g/mol. The van der Waals surface area contributed by atoms with Crippen LogP contribution in [0.5, 0.6) is 11.8 Å². The predicted molar refractivity (Wildman–Crippen MR) is 113 cm³/mol. The minimum Gasteiger partial charge on any atom is -0.425 e. The molecule has 0 aliphatic heterocycles. The molecule has 2 aromatic heterocycles. The van der Waals surface area contributed by atoms with Crippen LogP contribution in [-0.4, -0.2) is 30.4 Å². The standard InChI is InChI=1S/C22H19F3N4O4/c1-27-19-18(20(31)28(22(27)32)9-2-10-30)29(12-13-3-5-14(23)6-4-13)21(26-19)33-15-7-8-16(24)17(25)11-15/h3-8,11,30H,2,9-10,12H2,1H3. The van der Waals surface area contributed by atoms with Crippen molar-refractivity contribution in [3.63, 3.8) is 0 Å². The number of hydrogen-bond donors (Lipinski definition) is 1. The summed E-state index contributed by atoms with van der Waals surface area (Å²) < 4.78 is 49.5. The number of rotatable bonds is 7. The van der Waals surface area contributed by atoms with Crippen LogP contribution in [0, 0.1) is 17.5 Å². The van der Waals surface area contributed by atoms with Crippen molar-refractivity contribution in [2.75, 3.05) is 6.61 Å². The molecule has 0 aliphatic carbocycles. The van der Waals surface area contributed by atoms with Gasteiger partial charge in [-0.05, 0) is 36.2 Å². The summed E-state index contributed by atoms with van der Waals surface area (Å²) in [5, 5.41) is 9.12. The fourth-order valence-electron chi connectivity index (χ4n) is 3.42. The van der Waals surface area contributed by atoms with E-state index >= 15 is 0 Å². The molecule has 0 saturated carbocycles.